The Morgan fingerprint density at radius 2 is 0.662 bits per heavy atom. The first-order chi connectivity index (χ1) is 68.9. The van der Waals surface area contributed by atoms with Crippen LogP contribution in [0.4, 0.5) is 26.3 Å². The molecule has 9 aromatic heterocycles. The minimum atomic E-state index is -4.85. The van der Waals surface area contributed by atoms with Crippen LogP contribution in [0.15, 0.2) is 92.9 Å². The number of nitrogens with zero attached hydrogens (tertiary/aromatic N) is 15. The van der Waals surface area contributed by atoms with Crippen molar-refractivity contribution in [3.63, 3.8) is 0 Å². The summed E-state index contributed by atoms with van der Waals surface area (Å²) in [6.45, 7) is 57.9. The van der Waals surface area contributed by atoms with Gasteiger partial charge in [0.25, 0.3) is 5.78 Å². The molecule has 20 nitrogen and oxygen atoms in total. The molecule has 768 valence electrons. The Labute approximate surface area is 868 Å². The molecule has 5 aromatic carbocycles. The Bertz CT molecular complexity index is 8500. The summed E-state index contributed by atoms with van der Waals surface area (Å²) in [5, 5.41) is 41.6. The SMILES string of the molecule is Cc1c(C)c(C)c2c(ccn2C)c1C(=NS(=O)C(C)(C)C)C(F)(F)F.Cc1c(C)c(C)c2c(ccn2C)c1C(=O)C(F)(F)F.Cc1nc2c(c(C)c1C#N)C=C(C(=NS(=O)C(C)(C)C)c1c(C)c(C)c(C)c3c1ccn3C)C2.Cc1nc2c(c(C)c1C#N)C=C(C(=O)c1c(C)c(C)c(C)c3c1ccn3C)C2.Cc1nc2c(c(C)c1C#N)C=C(C(C)(N)c1c(C)c(C)c(C)c3c1ccn3C)C2.Cc1nc2c(c(C)c1C#N)C=CC2. The summed E-state index contributed by atoms with van der Waals surface area (Å²) in [4.78, 5) is 43.7. The number of carbonyl (C=O) groups excluding carboxylic acids is 2. The zero-order valence-corrected chi connectivity index (χ0v) is 93.1. The fraction of sp³-hybridized carbons (Fsp3) is 0.367. The van der Waals surface area contributed by atoms with Gasteiger partial charge in [0.05, 0.1) is 116 Å². The van der Waals surface area contributed by atoms with Crippen LogP contribution in [0.25, 0.3) is 78.8 Å². The molecule has 18 rings (SSSR count). The molecule has 148 heavy (non-hydrogen) atoms. The number of pyridine rings is 4. The lowest BCUT2D eigenvalue weighted by molar-refractivity contribution is -0.0884. The first kappa shape index (κ1) is 111. The van der Waals surface area contributed by atoms with Gasteiger partial charge in [-0.25, -0.2) is 8.42 Å². The molecular weight excluding hydrogens is 1910 g/mol. The van der Waals surface area contributed by atoms with Gasteiger partial charge in [0, 0.05) is 169 Å². The van der Waals surface area contributed by atoms with Crippen molar-refractivity contribution in [1.29, 1.82) is 21.0 Å². The maximum absolute atomic E-state index is 13.8. The number of fused-ring (bicyclic) bond motifs is 9. The summed E-state index contributed by atoms with van der Waals surface area (Å²) in [6.07, 6.45) is 13.1. The van der Waals surface area contributed by atoms with Crippen LogP contribution >= 0.6 is 0 Å². The maximum Gasteiger partial charge on any atom is 0.454 e. The van der Waals surface area contributed by atoms with Crippen LogP contribution in [0.3, 0.4) is 0 Å². The molecule has 0 saturated carbocycles. The number of ketones is 2. The van der Waals surface area contributed by atoms with Crippen molar-refractivity contribution in [3.8, 4) is 24.3 Å². The molecule has 14 aromatic rings. The number of hydrogen-bond donors (Lipinski definition) is 1. The molecule has 0 aliphatic heterocycles. The summed E-state index contributed by atoms with van der Waals surface area (Å²) < 4.78 is 122. The Hall–Kier alpha value is -14.2. The number of aryl methyl sites for hydroxylation is 14. The molecule has 0 amide bonds. The molecule has 0 radical (unpaired) electrons. The van der Waals surface area contributed by atoms with Crippen molar-refractivity contribution in [3.05, 3.63) is 308 Å². The van der Waals surface area contributed by atoms with E-state index in [2.05, 4.69) is 178 Å². The summed E-state index contributed by atoms with van der Waals surface area (Å²) in [5.74, 6) is -1.71. The van der Waals surface area contributed by atoms with Gasteiger partial charge in [-0.15, -0.1) is 0 Å². The van der Waals surface area contributed by atoms with Crippen molar-refractivity contribution < 1.29 is 44.3 Å². The van der Waals surface area contributed by atoms with Gasteiger partial charge < -0.3 is 28.6 Å². The third kappa shape index (κ3) is 19.9. The standard InChI is InChI=1S/C28H32N4OS.C25H28N4.C24H23N3O.C18H23F3N2OS.C14H14F3NO.C11H10N2/c1-15-16(2)25(21-10-11-32(9)27(21)17(15)3)26(31-34(33)28(6,7)8)20-12-22-18(4)23(14-29)19(5)30-24(22)13-20;1-13-14(2)23(19-8-9-29(7)24(19)15(13)3)25(6,27)18-10-20-16(4)21(12-26)17(5)28-22(20)11-18;1-12-13(2)22(18-7-8-27(6)23(18)14(12)3)24(28)17-9-19-15(4)20(11-25)16(5)26-21(19)10-17;1-10-11(2)14(13-8-9-23(7)15(13)12(10)3)16(18(19,20)21)22-25(24)17(4,5)6;1-7-8(2)11(13(19)14(15,16)17)10-5-6-18(4)12(10)9(7)3;1-7-9-4-3-5-11(9)13-8(2)10(7)6-12/h10-12H,13H2,1-9H3;8-10H,11,27H2,1-7H3;7-9H,10H2,1-6H3;8-9H,1-7H3;5-6H,1-4H3;3-4H,5H2,1-2H3. The summed E-state index contributed by atoms with van der Waals surface area (Å²) >= 11 is 0. The first-order valence-electron chi connectivity index (χ1n) is 49.1. The van der Waals surface area contributed by atoms with Gasteiger partial charge in [-0.2, -0.15) is 56.2 Å². The normalized spacial score (nSPS) is 14.0. The van der Waals surface area contributed by atoms with Crippen LogP contribution < -0.4 is 5.73 Å². The fourth-order valence-corrected chi connectivity index (χ4v) is 22.7. The summed E-state index contributed by atoms with van der Waals surface area (Å²) in [7, 11) is 6.27. The number of Topliss-reactive ketones (excluding diaryl/α,β-unsaturated/α-hetero) is 2. The highest BCUT2D eigenvalue weighted by Crippen LogP contribution is 2.47. The van der Waals surface area contributed by atoms with Crippen LogP contribution in [0.2, 0.25) is 0 Å². The topological polar surface area (TPSA) is 290 Å². The molecule has 2 N–H and O–H groups in total. The minimum Gasteiger partial charge on any atom is -0.350 e. The van der Waals surface area contributed by atoms with E-state index in [1.165, 1.54) is 55.4 Å². The Morgan fingerprint density at radius 3 is 1.05 bits per heavy atom. The highest BCUT2D eigenvalue weighted by Gasteiger charge is 2.44. The van der Waals surface area contributed by atoms with E-state index in [9.17, 15) is 60.1 Å². The number of hydrogen-bond acceptors (Lipinski definition) is 13. The maximum atomic E-state index is 13.8. The molecule has 0 spiro atoms. The Kier molecular flexibility index (Phi) is 30.9. The van der Waals surface area contributed by atoms with E-state index in [1.807, 2.05) is 122 Å². The molecule has 3 atom stereocenters. The van der Waals surface area contributed by atoms with Gasteiger partial charge in [-0.3, -0.25) is 29.5 Å². The summed E-state index contributed by atoms with van der Waals surface area (Å²) in [6, 6.07) is 18.6. The van der Waals surface area contributed by atoms with E-state index in [4.69, 9.17) is 25.4 Å². The van der Waals surface area contributed by atoms with Crippen LogP contribution in [-0.4, -0.2) is 96.0 Å². The van der Waals surface area contributed by atoms with E-state index < -0.39 is 60.9 Å². The van der Waals surface area contributed by atoms with Crippen LogP contribution in [-0.2, 0) is 88.4 Å². The second-order valence-electron chi connectivity index (χ2n) is 42.0. The van der Waals surface area contributed by atoms with Crippen LogP contribution in [0.5, 0.6) is 0 Å². The first-order valence-corrected chi connectivity index (χ1v) is 51.3. The van der Waals surface area contributed by atoms with Crippen molar-refractivity contribution in [2.75, 3.05) is 0 Å². The number of nitriles is 4. The van der Waals surface area contributed by atoms with Crippen LogP contribution in [0.1, 0.15) is 282 Å². The van der Waals surface area contributed by atoms with Gasteiger partial charge in [0.2, 0.25) is 0 Å². The molecular formula is C120H130F6N16O4S2. The number of carbonyl (C=O) groups is 2. The quantitative estimate of drug-likeness (QED) is 0.0758. The average Bonchev–Trinajstić information content (AvgIpc) is 1.57. The van der Waals surface area contributed by atoms with E-state index in [0.717, 1.165) is 203 Å². The Morgan fingerprint density at radius 1 is 0.358 bits per heavy atom. The number of halogens is 6. The van der Waals surface area contributed by atoms with Crippen molar-refractivity contribution >= 4 is 124 Å². The lowest BCUT2D eigenvalue weighted by Crippen LogP contribution is -2.36. The largest absolute Gasteiger partial charge is 0.454 e. The van der Waals surface area contributed by atoms with Crippen molar-refractivity contribution in [2.24, 2.45) is 49.8 Å². The molecule has 4 aliphatic rings. The van der Waals surface area contributed by atoms with Crippen molar-refractivity contribution in [2.45, 2.75) is 261 Å². The average molecular weight is 2040 g/mol. The zero-order chi connectivity index (χ0) is 110. The Balaban J connectivity index is 0.000000151. The van der Waals surface area contributed by atoms with Gasteiger partial charge >= 0.3 is 12.4 Å². The second-order valence-corrected chi connectivity index (χ2v) is 45.8. The summed E-state index contributed by atoms with van der Waals surface area (Å²) in [5.41, 5.74) is 49.7. The number of rotatable bonds is 10. The number of benzene rings is 5. The highest BCUT2D eigenvalue weighted by atomic mass is 32.2. The van der Waals surface area contributed by atoms with E-state index in [1.54, 1.807) is 96.2 Å². The van der Waals surface area contributed by atoms with Gasteiger partial charge in [0.15, 0.2) is 11.5 Å². The van der Waals surface area contributed by atoms with Crippen LogP contribution in [0, 0.1) is 205 Å². The van der Waals surface area contributed by atoms with Gasteiger partial charge in [-0.1, -0.05) is 18.2 Å². The van der Waals surface area contributed by atoms with E-state index in [0.29, 0.717) is 56.9 Å². The molecule has 9 heterocycles. The molecule has 28 heteroatoms. The second kappa shape index (κ2) is 41.2. The zero-order valence-electron chi connectivity index (χ0n) is 91.5. The van der Waals surface area contributed by atoms with E-state index >= 15 is 0 Å². The van der Waals surface area contributed by atoms with E-state index in [-0.39, 0.29) is 16.9 Å². The highest BCUT2D eigenvalue weighted by molar-refractivity contribution is 7.85. The lowest BCUT2D eigenvalue weighted by Gasteiger charge is -2.31. The third-order valence-electron chi connectivity index (χ3n) is 30.7. The minimum absolute atomic E-state index is 0.0174. The van der Waals surface area contributed by atoms with Crippen molar-refractivity contribution in [1.82, 2.24) is 42.8 Å². The molecule has 4 aliphatic carbocycles. The number of alkyl halides is 6. The lowest BCUT2D eigenvalue weighted by atomic mass is 9.78. The number of aromatic nitrogens is 9. The predicted octanol–water partition coefficient (Wildman–Crippen LogP) is 26.4. The number of nitrogens with two attached hydrogens (primary N) is 1. The monoisotopic (exact) mass is 2040 g/mol. The third-order valence-corrected chi connectivity index (χ3v) is 33.5. The predicted molar refractivity (Wildman–Crippen MR) is 588 cm³/mol. The number of allylic oxidation sites excluding steroid dienone is 3. The molecule has 3 unspecified atom stereocenters. The smallest absolute Gasteiger partial charge is 0.350 e. The van der Waals surface area contributed by atoms with Gasteiger partial charge in [0.1, 0.15) is 46.2 Å². The molecule has 0 fully saturated rings. The fourth-order valence-electron chi connectivity index (χ4n) is 21.4. The molecule has 0 saturated heterocycles. The molecule has 0 bridgehead atoms. The van der Waals surface area contributed by atoms with Gasteiger partial charge in [-0.05, 0) is 373 Å².